The Morgan fingerprint density at radius 1 is 1.50 bits per heavy atom. The Morgan fingerprint density at radius 2 is 2.08 bits per heavy atom. The standard InChI is InChI=1S/C7H14N2O2S/c1-4-8-7(11)9-6(10)5(2)12-3/h5H,4H2,1-3H3,(H2,8,9,10,11). The van der Waals surface area contributed by atoms with Gasteiger partial charge in [-0.15, -0.1) is 0 Å². The van der Waals surface area contributed by atoms with Gasteiger partial charge in [0.15, 0.2) is 0 Å². The molecule has 0 saturated carbocycles. The Bertz CT molecular complexity index is 173. The minimum absolute atomic E-state index is 0.187. The van der Waals surface area contributed by atoms with Crippen LogP contribution in [0.15, 0.2) is 0 Å². The minimum Gasteiger partial charge on any atom is -0.338 e. The normalized spacial score (nSPS) is 11.9. The molecule has 4 nitrogen and oxygen atoms in total. The van der Waals surface area contributed by atoms with E-state index in [1.54, 1.807) is 13.8 Å². The van der Waals surface area contributed by atoms with Crippen molar-refractivity contribution < 1.29 is 9.59 Å². The molecule has 0 bridgehead atoms. The Morgan fingerprint density at radius 3 is 2.50 bits per heavy atom. The van der Waals surface area contributed by atoms with E-state index in [4.69, 9.17) is 0 Å². The molecule has 5 heteroatoms. The summed E-state index contributed by atoms with van der Waals surface area (Å²) >= 11 is 1.40. The zero-order chi connectivity index (χ0) is 9.56. The molecule has 0 aromatic heterocycles. The van der Waals surface area contributed by atoms with Crippen molar-refractivity contribution in [1.82, 2.24) is 10.6 Å². The Balaban J connectivity index is 3.76. The maximum absolute atomic E-state index is 11.1. The number of hydrogen-bond donors (Lipinski definition) is 2. The highest BCUT2D eigenvalue weighted by Crippen LogP contribution is 2.03. The molecule has 0 radical (unpaired) electrons. The maximum Gasteiger partial charge on any atom is 0.321 e. The van der Waals surface area contributed by atoms with Crippen LogP contribution in [0.25, 0.3) is 0 Å². The van der Waals surface area contributed by atoms with Crippen LogP contribution in [0.5, 0.6) is 0 Å². The molecular formula is C7H14N2O2S. The van der Waals surface area contributed by atoms with E-state index in [-0.39, 0.29) is 11.2 Å². The molecule has 0 aliphatic heterocycles. The fourth-order valence-electron chi connectivity index (χ4n) is 0.525. The first-order valence-electron chi connectivity index (χ1n) is 3.73. The van der Waals surface area contributed by atoms with Crippen molar-refractivity contribution >= 4 is 23.7 Å². The van der Waals surface area contributed by atoms with E-state index >= 15 is 0 Å². The average molecular weight is 190 g/mol. The SMILES string of the molecule is CCNC(=O)NC(=O)C(C)SC. The van der Waals surface area contributed by atoms with Crippen LogP contribution in [0.1, 0.15) is 13.8 Å². The fraction of sp³-hybridized carbons (Fsp3) is 0.714. The lowest BCUT2D eigenvalue weighted by Crippen LogP contribution is -2.42. The molecule has 0 aromatic rings. The number of hydrogen-bond acceptors (Lipinski definition) is 3. The molecule has 70 valence electrons. The topological polar surface area (TPSA) is 58.2 Å². The second-order valence-electron chi connectivity index (χ2n) is 2.23. The van der Waals surface area contributed by atoms with Crippen LogP contribution >= 0.6 is 11.8 Å². The van der Waals surface area contributed by atoms with E-state index in [0.717, 1.165) is 0 Å². The number of thioether (sulfide) groups is 1. The lowest BCUT2D eigenvalue weighted by atomic mass is 10.4. The monoisotopic (exact) mass is 190 g/mol. The van der Waals surface area contributed by atoms with E-state index in [9.17, 15) is 9.59 Å². The minimum atomic E-state index is -0.427. The fourth-order valence-corrected chi connectivity index (χ4v) is 0.798. The van der Waals surface area contributed by atoms with Crippen molar-refractivity contribution in [2.24, 2.45) is 0 Å². The van der Waals surface area contributed by atoms with Gasteiger partial charge < -0.3 is 5.32 Å². The van der Waals surface area contributed by atoms with Gasteiger partial charge in [-0.25, -0.2) is 4.79 Å². The Kier molecular flexibility index (Phi) is 5.53. The summed E-state index contributed by atoms with van der Waals surface area (Å²) in [6.07, 6.45) is 1.82. The highest BCUT2D eigenvalue weighted by molar-refractivity contribution is 7.99. The lowest BCUT2D eigenvalue weighted by Gasteiger charge is -2.08. The molecule has 0 aliphatic carbocycles. The van der Waals surface area contributed by atoms with E-state index < -0.39 is 6.03 Å². The van der Waals surface area contributed by atoms with Crippen LogP contribution in [-0.4, -0.2) is 30.0 Å². The number of amides is 3. The van der Waals surface area contributed by atoms with Gasteiger partial charge in [0.05, 0.1) is 5.25 Å². The van der Waals surface area contributed by atoms with Crippen LogP contribution in [-0.2, 0) is 4.79 Å². The third kappa shape index (κ3) is 4.23. The summed E-state index contributed by atoms with van der Waals surface area (Å²) in [7, 11) is 0. The number of nitrogens with one attached hydrogen (secondary N) is 2. The zero-order valence-corrected chi connectivity index (χ0v) is 8.33. The summed E-state index contributed by atoms with van der Waals surface area (Å²) in [5, 5.41) is 4.51. The zero-order valence-electron chi connectivity index (χ0n) is 7.51. The lowest BCUT2D eigenvalue weighted by molar-refractivity contribution is -0.119. The van der Waals surface area contributed by atoms with Gasteiger partial charge in [0, 0.05) is 6.54 Å². The Hall–Kier alpha value is -0.710. The van der Waals surface area contributed by atoms with Crippen molar-refractivity contribution in [3.8, 4) is 0 Å². The number of imide groups is 1. The third-order valence-electron chi connectivity index (χ3n) is 1.30. The van der Waals surface area contributed by atoms with Crippen molar-refractivity contribution in [2.75, 3.05) is 12.8 Å². The summed E-state index contributed by atoms with van der Waals surface area (Å²) in [5.74, 6) is -0.256. The van der Waals surface area contributed by atoms with E-state index in [1.165, 1.54) is 11.8 Å². The van der Waals surface area contributed by atoms with Crippen LogP contribution in [0.4, 0.5) is 4.79 Å². The second-order valence-corrected chi connectivity index (χ2v) is 3.41. The molecule has 0 aliphatic rings. The predicted octanol–water partition coefficient (Wildman–Crippen LogP) is 0.584. The van der Waals surface area contributed by atoms with Crippen molar-refractivity contribution in [3.63, 3.8) is 0 Å². The smallest absolute Gasteiger partial charge is 0.321 e. The van der Waals surface area contributed by atoms with E-state index in [2.05, 4.69) is 10.6 Å². The first kappa shape index (κ1) is 11.3. The van der Waals surface area contributed by atoms with Crippen molar-refractivity contribution in [1.29, 1.82) is 0 Å². The molecule has 0 saturated heterocycles. The highest BCUT2D eigenvalue weighted by Gasteiger charge is 2.13. The third-order valence-corrected chi connectivity index (χ3v) is 2.22. The molecule has 12 heavy (non-hydrogen) atoms. The van der Waals surface area contributed by atoms with E-state index in [0.29, 0.717) is 6.54 Å². The molecule has 3 amide bonds. The maximum atomic E-state index is 11.1. The van der Waals surface area contributed by atoms with E-state index in [1.807, 2.05) is 6.26 Å². The average Bonchev–Trinajstić information content (AvgIpc) is 2.03. The summed E-state index contributed by atoms with van der Waals surface area (Å²) in [6, 6.07) is -0.427. The van der Waals surface area contributed by atoms with Gasteiger partial charge in [0.2, 0.25) is 5.91 Å². The van der Waals surface area contributed by atoms with Gasteiger partial charge in [0.25, 0.3) is 0 Å². The molecule has 1 unspecified atom stereocenters. The second kappa shape index (κ2) is 5.88. The van der Waals surface area contributed by atoms with Crippen LogP contribution in [0, 0.1) is 0 Å². The van der Waals surface area contributed by atoms with Gasteiger partial charge in [-0.1, -0.05) is 0 Å². The predicted molar refractivity (Wildman–Crippen MR) is 50.2 cm³/mol. The number of carbonyl (C=O) groups is 2. The molecule has 0 rings (SSSR count). The molecule has 0 heterocycles. The Labute approximate surface area is 76.5 Å². The molecule has 0 fully saturated rings. The van der Waals surface area contributed by atoms with Crippen molar-refractivity contribution in [2.45, 2.75) is 19.1 Å². The molecule has 1 atom stereocenters. The summed E-state index contributed by atoms with van der Waals surface area (Å²) in [4.78, 5) is 21.9. The largest absolute Gasteiger partial charge is 0.338 e. The highest BCUT2D eigenvalue weighted by atomic mass is 32.2. The van der Waals surface area contributed by atoms with Gasteiger partial charge in [-0.05, 0) is 20.1 Å². The quantitative estimate of drug-likeness (QED) is 0.684. The first-order valence-corrected chi connectivity index (χ1v) is 5.02. The first-order chi connectivity index (χ1) is 5.61. The van der Waals surface area contributed by atoms with Gasteiger partial charge in [-0.3, -0.25) is 10.1 Å². The number of rotatable bonds is 3. The molecule has 0 spiro atoms. The summed E-state index contributed by atoms with van der Waals surface area (Å²) in [6.45, 7) is 4.06. The van der Waals surface area contributed by atoms with Crippen LogP contribution in [0.2, 0.25) is 0 Å². The van der Waals surface area contributed by atoms with Crippen LogP contribution < -0.4 is 10.6 Å². The van der Waals surface area contributed by atoms with Crippen LogP contribution in [0.3, 0.4) is 0 Å². The van der Waals surface area contributed by atoms with Crippen molar-refractivity contribution in [3.05, 3.63) is 0 Å². The van der Waals surface area contributed by atoms with Gasteiger partial charge in [-0.2, -0.15) is 11.8 Å². The van der Waals surface area contributed by atoms with Gasteiger partial charge in [0.1, 0.15) is 0 Å². The number of carbonyl (C=O) groups excluding carboxylic acids is 2. The molecule has 0 aromatic carbocycles. The summed E-state index contributed by atoms with van der Waals surface area (Å²) in [5.41, 5.74) is 0. The van der Waals surface area contributed by atoms with Gasteiger partial charge >= 0.3 is 6.03 Å². The molecule has 2 N–H and O–H groups in total. The molecular weight excluding hydrogens is 176 g/mol. The number of urea groups is 1. The summed E-state index contributed by atoms with van der Waals surface area (Å²) < 4.78 is 0.